The molecule has 1 aromatic heterocycles. The van der Waals surface area contributed by atoms with Crippen LogP contribution in [-0.4, -0.2) is 53.7 Å². The minimum Gasteiger partial charge on any atom is -0.508 e. The Morgan fingerprint density at radius 3 is 2.61 bits per heavy atom. The van der Waals surface area contributed by atoms with Gasteiger partial charge in [0.15, 0.2) is 11.3 Å². The van der Waals surface area contributed by atoms with Crippen molar-refractivity contribution >= 4 is 30.1 Å². The Morgan fingerprint density at radius 2 is 2.03 bits per heavy atom. The summed E-state index contributed by atoms with van der Waals surface area (Å²) in [4.78, 5) is 8.64. The lowest BCUT2D eigenvalue weighted by atomic mass is 9.43. The van der Waals surface area contributed by atoms with Crippen LogP contribution in [0.4, 0.5) is 11.5 Å². The number of benzene rings is 1. The third-order valence-corrected chi connectivity index (χ3v) is 5.07. The normalized spacial score (nSPS) is 13.6. The first-order valence-electron chi connectivity index (χ1n) is 10.9. The molecule has 2 N–H and O–H groups in total. The molecule has 0 spiro atoms. The lowest BCUT2D eigenvalue weighted by molar-refractivity contribution is 0.440. The van der Waals surface area contributed by atoms with Gasteiger partial charge in [-0.25, -0.2) is 10.2 Å². The van der Waals surface area contributed by atoms with Crippen molar-refractivity contribution in [2.45, 2.75) is 31.9 Å². The van der Waals surface area contributed by atoms with Crippen LogP contribution in [0.25, 0.3) is 5.70 Å². The van der Waals surface area contributed by atoms with Crippen LogP contribution in [0, 0.1) is 11.2 Å². The monoisotopic (exact) mass is 445 g/mol. The van der Waals surface area contributed by atoms with E-state index in [4.69, 9.17) is 5.26 Å². The summed E-state index contributed by atoms with van der Waals surface area (Å²) >= 11 is 0. The van der Waals surface area contributed by atoms with E-state index in [0.29, 0.717) is 35.0 Å². The second-order valence-corrected chi connectivity index (χ2v) is 7.90. The number of hydrogen-bond acceptors (Lipinski definition) is 7. The van der Waals surface area contributed by atoms with Crippen molar-refractivity contribution in [1.82, 2.24) is 14.6 Å². The van der Waals surface area contributed by atoms with Crippen LogP contribution in [-0.2, 0) is 0 Å². The maximum absolute atomic E-state index is 9.60. The third kappa shape index (κ3) is 8.00. The minimum absolute atomic E-state index is 0.168. The second kappa shape index (κ2) is 12.9. The fraction of sp³-hybridized carbons (Fsp3) is 0.333. The van der Waals surface area contributed by atoms with Gasteiger partial charge in [0.2, 0.25) is 0 Å². The van der Waals surface area contributed by atoms with Gasteiger partial charge in [0.05, 0.1) is 6.21 Å². The number of nitrogens with one attached hydrogen (secondary N) is 1. The first-order valence-corrected chi connectivity index (χ1v) is 10.9. The largest absolute Gasteiger partial charge is 0.508 e. The van der Waals surface area contributed by atoms with Gasteiger partial charge in [-0.15, -0.1) is 0 Å². The molecule has 1 aliphatic rings. The van der Waals surface area contributed by atoms with E-state index in [1.54, 1.807) is 53.4 Å². The number of allylic oxidation sites excluding steroid dienone is 2. The first kappa shape index (κ1) is 25.5. The highest BCUT2D eigenvalue weighted by molar-refractivity contribution is 6.66. The zero-order valence-corrected chi connectivity index (χ0v) is 19.7. The molecule has 1 saturated heterocycles. The fourth-order valence-electron chi connectivity index (χ4n) is 3.30. The summed E-state index contributed by atoms with van der Waals surface area (Å²) in [6, 6.07) is 6.78. The van der Waals surface area contributed by atoms with E-state index in [0.717, 1.165) is 12.6 Å². The van der Waals surface area contributed by atoms with Gasteiger partial charge in [0.25, 0.3) is 6.71 Å². The average Bonchev–Trinajstić information content (AvgIpc) is 2.82. The van der Waals surface area contributed by atoms with Gasteiger partial charge in [-0.2, -0.15) is 5.10 Å². The zero-order valence-electron chi connectivity index (χ0n) is 19.7. The molecule has 0 atom stereocenters. The van der Waals surface area contributed by atoms with Crippen LogP contribution >= 0.6 is 0 Å². The second-order valence-electron chi connectivity index (χ2n) is 7.90. The number of phenolic OH excluding ortho intramolecular Hbond substituents is 1. The van der Waals surface area contributed by atoms with E-state index in [1.807, 2.05) is 20.2 Å². The highest BCUT2D eigenvalue weighted by Crippen LogP contribution is 2.19. The van der Waals surface area contributed by atoms with Gasteiger partial charge in [0.1, 0.15) is 5.75 Å². The number of phenols is 1. The van der Waals surface area contributed by atoms with E-state index in [9.17, 15) is 5.11 Å². The van der Waals surface area contributed by atoms with Crippen LogP contribution in [0.5, 0.6) is 5.75 Å². The molecule has 33 heavy (non-hydrogen) atoms. The highest BCUT2D eigenvalue weighted by atomic mass is 16.3. The number of nitriles is 1. The SMILES string of the molecule is C=C(/C=N\N(C)C)C(=C)n1ccnc(Nc2cccc(O)c2)c1=NC.N#CB1CCCCC1. The highest BCUT2D eigenvalue weighted by Gasteiger charge is 2.16. The predicted octanol–water partition coefficient (Wildman–Crippen LogP) is 4.16. The molecule has 9 heteroatoms. The molecule has 1 fully saturated rings. The summed E-state index contributed by atoms with van der Waals surface area (Å²) in [7, 11) is 5.33. The molecule has 2 aromatic rings. The lowest BCUT2D eigenvalue weighted by Crippen LogP contribution is -2.24. The molecular formula is C24H32BN7O. The van der Waals surface area contributed by atoms with Gasteiger partial charge in [-0.3, -0.25) is 9.56 Å². The Hall–Kier alpha value is -3.80. The molecule has 0 bridgehead atoms. The number of hydrogen-bond donors (Lipinski definition) is 2. The van der Waals surface area contributed by atoms with E-state index in [1.165, 1.54) is 19.3 Å². The van der Waals surface area contributed by atoms with Crippen LogP contribution in [0.2, 0.25) is 12.6 Å². The maximum Gasteiger partial charge on any atom is 0.267 e. The van der Waals surface area contributed by atoms with Crippen molar-refractivity contribution < 1.29 is 5.11 Å². The molecular weight excluding hydrogens is 413 g/mol. The molecule has 0 aliphatic carbocycles. The van der Waals surface area contributed by atoms with Gasteiger partial charge in [-0.05, 0) is 12.1 Å². The molecule has 0 unspecified atom stereocenters. The zero-order chi connectivity index (χ0) is 24.2. The van der Waals surface area contributed by atoms with Crippen molar-refractivity contribution in [2.75, 3.05) is 26.5 Å². The van der Waals surface area contributed by atoms with Crippen molar-refractivity contribution in [3.05, 3.63) is 60.9 Å². The van der Waals surface area contributed by atoms with Crippen molar-refractivity contribution in [2.24, 2.45) is 10.1 Å². The summed E-state index contributed by atoms with van der Waals surface area (Å²) in [5.41, 5.74) is 2.56. The van der Waals surface area contributed by atoms with Gasteiger partial charge in [0, 0.05) is 62.5 Å². The van der Waals surface area contributed by atoms with Crippen LogP contribution in [0.1, 0.15) is 19.3 Å². The Balaban J connectivity index is 0.000000405. The van der Waals surface area contributed by atoms with E-state index in [-0.39, 0.29) is 5.75 Å². The predicted molar refractivity (Wildman–Crippen MR) is 137 cm³/mol. The van der Waals surface area contributed by atoms with E-state index in [2.05, 4.69) is 39.5 Å². The smallest absolute Gasteiger partial charge is 0.267 e. The number of aromatic nitrogens is 2. The number of nitrogens with zero attached hydrogens (tertiary/aromatic N) is 6. The van der Waals surface area contributed by atoms with Crippen molar-refractivity contribution in [1.29, 1.82) is 5.26 Å². The third-order valence-electron chi connectivity index (χ3n) is 5.07. The van der Waals surface area contributed by atoms with Gasteiger partial charge < -0.3 is 15.4 Å². The average molecular weight is 445 g/mol. The molecule has 1 aromatic carbocycles. The lowest BCUT2D eigenvalue weighted by Gasteiger charge is -2.14. The molecule has 0 radical (unpaired) electrons. The van der Waals surface area contributed by atoms with Crippen molar-refractivity contribution in [3.8, 4) is 11.7 Å². The molecule has 0 amide bonds. The minimum atomic E-state index is 0.168. The van der Waals surface area contributed by atoms with Crippen LogP contribution in [0.3, 0.4) is 0 Å². The molecule has 3 rings (SSSR count). The van der Waals surface area contributed by atoms with Crippen LogP contribution in [0.15, 0.2) is 65.5 Å². The summed E-state index contributed by atoms with van der Waals surface area (Å²) in [5.74, 6) is 3.01. The molecule has 0 saturated carbocycles. The van der Waals surface area contributed by atoms with E-state index < -0.39 is 0 Å². The molecule has 2 heterocycles. The topological polar surface area (TPSA) is 102 Å². The Bertz CT molecular complexity index is 1090. The summed E-state index contributed by atoms with van der Waals surface area (Å²) in [5, 5.41) is 27.0. The van der Waals surface area contributed by atoms with Gasteiger partial charge in [-0.1, -0.05) is 51.1 Å². The molecule has 172 valence electrons. The standard InChI is InChI=1S/C18H22N6O.C6H10BN/c1-13(12-21-23(4)5)14(2)24-10-9-20-17(18(24)19-3)22-15-7-6-8-16(25)11-15;8-6-7-4-2-1-3-5-7/h6-12,25H,1-2H2,3-5H3,(H,20,22);1-5H2/b19-18?,21-12-;. The number of rotatable bonds is 6. The Labute approximate surface area is 196 Å². The van der Waals surface area contributed by atoms with Crippen LogP contribution < -0.4 is 10.8 Å². The number of anilines is 2. The molecule has 1 aliphatic heterocycles. The maximum atomic E-state index is 9.60. The Morgan fingerprint density at radius 1 is 1.30 bits per heavy atom. The number of hydrazone groups is 1. The summed E-state index contributed by atoms with van der Waals surface area (Å²) in [6.45, 7) is 8.46. The fourth-order valence-corrected chi connectivity index (χ4v) is 3.30. The molecule has 8 nitrogen and oxygen atoms in total. The van der Waals surface area contributed by atoms with Crippen molar-refractivity contribution in [3.63, 3.8) is 0 Å². The summed E-state index contributed by atoms with van der Waals surface area (Å²) < 4.78 is 1.78. The summed E-state index contributed by atoms with van der Waals surface area (Å²) in [6.07, 6.45) is 11.2. The Kier molecular flexibility index (Phi) is 9.97. The number of aromatic hydroxyl groups is 1. The van der Waals surface area contributed by atoms with E-state index >= 15 is 0 Å². The van der Waals surface area contributed by atoms with Gasteiger partial charge >= 0.3 is 0 Å². The quantitative estimate of drug-likeness (QED) is 0.301. The first-order chi connectivity index (χ1) is 15.8.